The van der Waals surface area contributed by atoms with E-state index in [4.69, 9.17) is 16.7 Å². The van der Waals surface area contributed by atoms with Gasteiger partial charge in [0.05, 0.1) is 16.3 Å². The fourth-order valence-corrected chi connectivity index (χ4v) is 2.49. The third-order valence-corrected chi connectivity index (χ3v) is 3.68. The van der Waals surface area contributed by atoms with Crippen LogP contribution < -0.4 is 5.32 Å². The zero-order valence-electron chi connectivity index (χ0n) is 9.28. The summed E-state index contributed by atoms with van der Waals surface area (Å²) in [5.41, 5.74) is 0.406. The molecule has 0 aliphatic rings. The summed E-state index contributed by atoms with van der Waals surface area (Å²) in [6, 6.07) is 5.02. The van der Waals surface area contributed by atoms with Gasteiger partial charge in [-0.25, -0.2) is 0 Å². The summed E-state index contributed by atoms with van der Waals surface area (Å²) >= 11 is 10.4. The predicted molar refractivity (Wildman–Crippen MR) is 76.4 cm³/mol. The molecule has 0 aliphatic heterocycles. The number of benzene rings is 1. The van der Waals surface area contributed by atoms with Crippen LogP contribution in [-0.4, -0.2) is 35.0 Å². The van der Waals surface area contributed by atoms with E-state index in [1.165, 1.54) is 11.8 Å². The fraction of sp³-hybridized carbons (Fsp3) is 0.273. The first-order valence-corrected chi connectivity index (χ1v) is 7.36. The summed E-state index contributed by atoms with van der Waals surface area (Å²) in [5.74, 6) is -0.535. The third kappa shape index (κ3) is 5.29. The molecule has 98 valence electrons. The van der Waals surface area contributed by atoms with Crippen molar-refractivity contribution < 1.29 is 14.7 Å². The molecule has 0 saturated carbocycles. The number of carboxylic acids is 1. The molecule has 0 aromatic heterocycles. The van der Waals surface area contributed by atoms with Gasteiger partial charge in [0.2, 0.25) is 0 Å². The van der Waals surface area contributed by atoms with E-state index < -0.39 is 5.97 Å². The molecule has 1 amide bonds. The van der Waals surface area contributed by atoms with E-state index in [1.807, 2.05) is 0 Å². The van der Waals surface area contributed by atoms with E-state index in [-0.39, 0.29) is 11.7 Å². The second kappa shape index (κ2) is 7.66. The van der Waals surface area contributed by atoms with Crippen LogP contribution in [0.4, 0.5) is 0 Å². The third-order valence-electron chi connectivity index (χ3n) is 1.93. The normalized spacial score (nSPS) is 10.1. The lowest BCUT2D eigenvalue weighted by molar-refractivity contribution is -0.133. The van der Waals surface area contributed by atoms with Crippen molar-refractivity contribution in [1.82, 2.24) is 5.32 Å². The minimum absolute atomic E-state index is 0.0366. The standard InChI is InChI=1S/C11H11BrClNO3S/c12-7-1-2-8(9(13)5-7)11(17)14-3-4-18-6-10(15)16/h1-2,5H,3-4,6H2,(H,14,17)(H,15,16). The van der Waals surface area contributed by atoms with Crippen molar-refractivity contribution >= 4 is 51.2 Å². The maximum absolute atomic E-state index is 11.7. The molecule has 1 rings (SSSR count). The Morgan fingerprint density at radius 2 is 2.17 bits per heavy atom. The Bertz CT molecular complexity index is 456. The van der Waals surface area contributed by atoms with Gasteiger partial charge in [0.1, 0.15) is 0 Å². The van der Waals surface area contributed by atoms with Crippen LogP contribution in [0.3, 0.4) is 0 Å². The van der Waals surface area contributed by atoms with E-state index in [9.17, 15) is 9.59 Å². The lowest BCUT2D eigenvalue weighted by Crippen LogP contribution is -2.26. The van der Waals surface area contributed by atoms with Gasteiger partial charge in [-0.15, -0.1) is 11.8 Å². The Morgan fingerprint density at radius 3 is 2.78 bits per heavy atom. The molecule has 0 unspecified atom stereocenters. The summed E-state index contributed by atoms with van der Waals surface area (Å²) in [6.45, 7) is 0.406. The van der Waals surface area contributed by atoms with Gasteiger partial charge in [-0.05, 0) is 18.2 Å². The molecule has 18 heavy (non-hydrogen) atoms. The molecule has 0 fully saturated rings. The molecule has 0 radical (unpaired) electrons. The van der Waals surface area contributed by atoms with Crippen LogP contribution in [0.2, 0.25) is 5.02 Å². The molecular weight excluding hydrogens is 342 g/mol. The molecule has 0 bridgehead atoms. The molecule has 1 aromatic rings. The molecule has 2 N–H and O–H groups in total. The molecule has 0 saturated heterocycles. The predicted octanol–water partition coefficient (Wildman–Crippen LogP) is 2.65. The van der Waals surface area contributed by atoms with Gasteiger partial charge >= 0.3 is 5.97 Å². The van der Waals surface area contributed by atoms with Gasteiger partial charge in [0.25, 0.3) is 5.91 Å². The average Bonchev–Trinajstić information content (AvgIpc) is 2.27. The highest BCUT2D eigenvalue weighted by molar-refractivity contribution is 9.10. The van der Waals surface area contributed by atoms with Crippen molar-refractivity contribution in [2.45, 2.75) is 0 Å². The number of carbonyl (C=O) groups excluding carboxylic acids is 1. The Labute approximate surface area is 122 Å². The Morgan fingerprint density at radius 1 is 1.44 bits per heavy atom. The molecule has 0 heterocycles. The van der Waals surface area contributed by atoms with Gasteiger partial charge in [-0.2, -0.15) is 0 Å². The van der Waals surface area contributed by atoms with E-state index in [1.54, 1.807) is 18.2 Å². The zero-order chi connectivity index (χ0) is 13.5. The van der Waals surface area contributed by atoms with Crippen molar-refractivity contribution in [3.05, 3.63) is 33.3 Å². The number of aliphatic carboxylic acids is 1. The van der Waals surface area contributed by atoms with E-state index in [2.05, 4.69) is 21.2 Å². The van der Waals surface area contributed by atoms with Gasteiger partial charge in [-0.1, -0.05) is 27.5 Å². The highest BCUT2D eigenvalue weighted by Gasteiger charge is 2.09. The number of halogens is 2. The number of carboxylic acid groups (broad SMARTS) is 1. The van der Waals surface area contributed by atoms with Crippen molar-refractivity contribution in [1.29, 1.82) is 0 Å². The SMILES string of the molecule is O=C(O)CSCCNC(=O)c1ccc(Br)cc1Cl. The van der Waals surface area contributed by atoms with Gasteiger partial charge in [0.15, 0.2) is 0 Å². The molecule has 0 aliphatic carbocycles. The smallest absolute Gasteiger partial charge is 0.313 e. The van der Waals surface area contributed by atoms with Crippen LogP contribution in [0.25, 0.3) is 0 Å². The van der Waals surface area contributed by atoms with Gasteiger partial charge < -0.3 is 10.4 Å². The van der Waals surface area contributed by atoms with E-state index >= 15 is 0 Å². The van der Waals surface area contributed by atoms with E-state index in [0.717, 1.165) is 4.47 Å². The van der Waals surface area contributed by atoms with Crippen LogP contribution in [0.15, 0.2) is 22.7 Å². The summed E-state index contributed by atoms with van der Waals surface area (Å²) in [5, 5.41) is 11.5. The second-order valence-electron chi connectivity index (χ2n) is 3.33. The molecule has 4 nitrogen and oxygen atoms in total. The number of hydrogen-bond donors (Lipinski definition) is 2. The number of rotatable bonds is 6. The number of amides is 1. The maximum atomic E-state index is 11.7. The zero-order valence-corrected chi connectivity index (χ0v) is 12.4. The fourth-order valence-electron chi connectivity index (χ4n) is 1.17. The Kier molecular flexibility index (Phi) is 6.52. The van der Waals surface area contributed by atoms with Crippen LogP contribution in [0.5, 0.6) is 0 Å². The van der Waals surface area contributed by atoms with Crippen LogP contribution in [-0.2, 0) is 4.79 Å². The first-order chi connectivity index (χ1) is 8.50. The quantitative estimate of drug-likeness (QED) is 0.773. The van der Waals surface area contributed by atoms with Crippen LogP contribution in [0, 0.1) is 0 Å². The van der Waals surface area contributed by atoms with Gasteiger partial charge in [-0.3, -0.25) is 9.59 Å². The number of hydrogen-bond acceptors (Lipinski definition) is 3. The maximum Gasteiger partial charge on any atom is 0.313 e. The second-order valence-corrected chi connectivity index (χ2v) is 5.75. The molecule has 7 heteroatoms. The van der Waals surface area contributed by atoms with Crippen molar-refractivity contribution in [2.24, 2.45) is 0 Å². The summed E-state index contributed by atoms with van der Waals surface area (Å²) in [4.78, 5) is 22.0. The van der Waals surface area contributed by atoms with Crippen LogP contribution >= 0.6 is 39.3 Å². The number of thioether (sulfide) groups is 1. The van der Waals surface area contributed by atoms with Crippen molar-refractivity contribution in [3.63, 3.8) is 0 Å². The van der Waals surface area contributed by atoms with Crippen molar-refractivity contribution in [2.75, 3.05) is 18.1 Å². The lowest BCUT2D eigenvalue weighted by atomic mass is 10.2. The summed E-state index contributed by atoms with van der Waals surface area (Å²) in [6.07, 6.45) is 0. The summed E-state index contributed by atoms with van der Waals surface area (Å²) < 4.78 is 0.807. The topological polar surface area (TPSA) is 66.4 Å². The Hall–Kier alpha value is -0.720. The molecule has 0 spiro atoms. The Balaban J connectivity index is 2.39. The molecule has 0 atom stereocenters. The first-order valence-electron chi connectivity index (χ1n) is 5.03. The highest BCUT2D eigenvalue weighted by Crippen LogP contribution is 2.21. The molecular formula is C11H11BrClNO3S. The first kappa shape index (κ1) is 15.3. The molecule has 1 aromatic carbocycles. The summed E-state index contributed by atoms with van der Waals surface area (Å²) in [7, 11) is 0. The average molecular weight is 353 g/mol. The monoisotopic (exact) mass is 351 g/mol. The van der Waals surface area contributed by atoms with Gasteiger partial charge in [0, 0.05) is 16.8 Å². The minimum atomic E-state index is -0.859. The largest absolute Gasteiger partial charge is 0.481 e. The van der Waals surface area contributed by atoms with Crippen LogP contribution in [0.1, 0.15) is 10.4 Å². The van der Waals surface area contributed by atoms with Crippen molar-refractivity contribution in [3.8, 4) is 0 Å². The lowest BCUT2D eigenvalue weighted by Gasteiger charge is -2.06. The number of nitrogens with one attached hydrogen (secondary N) is 1. The highest BCUT2D eigenvalue weighted by atomic mass is 79.9. The minimum Gasteiger partial charge on any atom is -0.481 e. The number of carbonyl (C=O) groups is 2. The van der Waals surface area contributed by atoms with E-state index in [0.29, 0.717) is 22.9 Å².